The van der Waals surface area contributed by atoms with Crippen LogP contribution < -0.4 is 4.90 Å². The maximum atomic E-state index is 5.44. The van der Waals surface area contributed by atoms with Crippen LogP contribution in [0.4, 0.5) is 5.69 Å². The average molecular weight is 277 g/mol. The molecule has 0 aliphatic carbocycles. The average Bonchev–Trinajstić information content (AvgIpc) is 2.55. The zero-order chi connectivity index (χ0) is 14.5. The van der Waals surface area contributed by atoms with Gasteiger partial charge in [-0.05, 0) is 30.7 Å². The van der Waals surface area contributed by atoms with Crippen molar-refractivity contribution in [1.29, 1.82) is 0 Å². The summed E-state index contributed by atoms with van der Waals surface area (Å²) < 4.78 is 5.44. The Bertz CT molecular complexity index is 661. The van der Waals surface area contributed by atoms with Crippen molar-refractivity contribution in [2.75, 3.05) is 31.2 Å². The fourth-order valence-corrected chi connectivity index (χ4v) is 2.54. The van der Waals surface area contributed by atoms with E-state index in [1.165, 1.54) is 11.3 Å². The van der Waals surface area contributed by atoms with E-state index in [0.717, 1.165) is 37.4 Å². The molecular weight excluding hydrogens is 258 g/mol. The number of rotatable bonds is 1. The van der Waals surface area contributed by atoms with Crippen molar-refractivity contribution >= 4 is 5.69 Å². The summed E-state index contributed by atoms with van der Waals surface area (Å²) in [5.74, 6) is 6.64. The Morgan fingerprint density at radius 3 is 2.43 bits per heavy atom. The molecule has 1 fully saturated rings. The third kappa shape index (κ3) is 3.26. The van der Waals surface area contributed by atoms with Gasteiger partial charge in [-0.1, -0.05) is 42.2 Å². The van der Waals surface area contributed by atoms with Crippen LogP contribution >= 0.6 is 0 Å². The molecule has 106 valence electrons. The van der Waals surface area contributed by atoms with Crippen LogP contribution in [0.3, 0.4) is 0 Å². The number of aryl methyl sites for hydroxylation is 1. The molecule has 0 spiro atoms. The first-order valence-electron chi connectivity index (χ1n) is 7.34. The molecule has 0 atom stereocenters. The Morgan fingerprint density at radius 1 is 0.905 bits per heavy atom. The van der Waals surface area contributed by atoms with E-state index >= 15 is 0 Å². The molecule has 0 radical (unpaired) electrons. The number of hydrogen-bond donors (Lipinski definition) is 0. The van der Waals surface area contributed by atoms with E-state index in [-0.39, 0.29) is 0 Å². The van der Waals surface area contributed by atoms with Crippen molar-refractivity contribution in [3.63, 3.8) is 0 Å². The predicted molar refractivity (Wildman–Crippen MR) is 86.6 cm³/mol. The molecule has 1 heterocycles. The number of morpholine rings is 1. The third-order valence-electron chi connectivity index (χ3n) is 3.71. The predicted octanol–water partition coefficient (Wildman–Crippen LogP) is 3.23. The highest BCUT2D eigenvalue weighted by atomic mass is 16.5. The molecule has 0 saturated carbocycles. The van der Waals surface area contributed by atoms with Crippen molar-refractivity contribution < 1.29 is 4.74 Å². The van der Waals surface area contributed by atoms with Gasteiger partial charge in [0, 0.05) is 18.7 Å². The fraction of sp³-hybridized carbons (Fsp3) is 0.263. The van der Waals surface area contributed by atoms with E-state index in [2.05, 4.69) is 41.9 Å². The van der Waals surface area contributed by atoms with Crippen molar-refractivity contribution in [2.24, 2.45) is 0 Å². The van der Waals surface area contributed by atoms with Gasteiger partial charge in [0.2, 0.25) is 0 Å². The van der Waals surface area contributed by atoms with Crippen LogP contribution in [0.25, 0.3) is 0 Å². The largest absolute Gasteiger partial charge is 0.378 e. The summed E-state index contributed by atoms with van der Waals surface area (Å²) in [5, 5.41) is 0. The van der Waals surface area contributed by atoms with Crippen LogP contribution in [0.15, 0.2) is 48.5 Å². The van der Waals surface area contributed by atoms with Crippen LogP contribution in [0, 0.1) is 18.8 Å². The Kier molecular flexibility index (Phi) is 4.23. The first-order valence-corrected chi connectivity index (χ1v) is 7.34. The number of benzene rings is 2. The maximum Gasteiger partial charge on any atom is 0.0642 e. The molecule has 1 aliphatic heterocycles. The summed E-state index contributed by atoms with van der Waals surface area (Å²) in [5.41, 5.74) is 4.63. The second-order valence-corrected chi connectivity index (χ2v) is 5.18. The van der Waals surface area contributed by atoms with Crippen molar-refractivity contribution in [2.45, 2.75) is 6.92 Å². The van der Waals surface area contributed by atoms with E-state index in [1.807, 2.05) is 30.3 Å². The van der Waals surface area contributed by atoms with Gasteiger partial charge in [-0.25, -0.2) is 0 Å². The minimum atomic E-state index is 0.791. The van der Waals surface area contributed by atoms with Crippen LogP contribution in [0.1, 0.15) is 16.7 Å². The number of nitrogens with zero attached hydrogens (tertiary/aromatic N) is 1. The second kappa shape index (κ2) is 6.47. The number of anilines is 1. The van der Waals surface area contributed by atoms with Gasteiger partial charge in [0.15, 0.2) is 0 Å². The molecule has 0 amide bonds. The Labute approximate surface area is 126 Å². The smallest absolute Gasteiger partial charge is 0.0642 e. The van der Waals surface area contributed by atoms with Crippen LogP contribution in [-0.4, -0.2) is 26.3 Å². The lowest BCUT2D eigenvalue weighted by Gasteiger charge is -2.30. The molecule has 0 unspecified atom stereocenters. The zero-order valence-electron chi connectivity index (χ0n) is 12.3. The summed E-state index contributed by atoms with van der Waals surface area (Å²) in [7, 11) is 0. The van der Waals surface area contributed by atoms with Gasteiger partial charge in [0.1, 0.15) is 0 Å². The van der Waals surface area contributed by atoms with Crippen molar-refractivity contribution in [1.82, 2.24) is 0 Å². The second-order valence-electron chi connectivity index (χ2n) is 5.18. The zero-order valence-corrected chi connectivity index (χ0v) is 12.3. The Balaban J connectivity index is 1.96. The van der Waals surface area contributed by atoms with Crippen molar-refractivity contribution in [3.8, 4) is 11.8 Å². The monoisotopic (exact) mass is 277 g/mol. The lowest BCUT2D eigenvalue weighted by atomic mass is 10.0. The Morgan fingerprint density at radius 2 is 1.67 bits per heavy atom. The molecule has 2 nitrogen and oxygen atoms in total. The van der Waals surface area contributed by atoms with E-state index in [9.17, 15) is 0 Å². The lowest BCUT2D eigenvalue weighted by molar-refractivity contribution is 0.122. The minimum Gasteiger partial charge on any atom is -0.378 e. The molecule has 3 rings (SSSR count). The molecule has 1 aliphatic rings. The van der Waals surface area contributed by atoms with E-state index in [4.69, 9.17) is 4.74 Å². The molecule has 0 N–H and O–H groups in total. The SMILES string of the molecule is Cc1cccc(N2CCOCC2)c1C#Cc1ccccc1. The van der Waals surface area contributed by atoms with Crippen LogP contribution in [0.5, 0.6) is 0 Å². The molecule has 2 aromatic rings. The third-order valence-corrected chi connectivity index (χ3v) is 3.71. The van der Waals surface area contributed by atoms with Gasteiger partial charge in [-0.2, -0.15) is 0 Å². The van der Waals surface area contributed by atoms with Gasteiger partial charge in [0.05, 0.1) is 24.5 Å². The highest BCUT2D eigenvalue weighted by Gasteiger charge is 2.14. The minimum absolute atomic E-state index is 0.791. The maximum absolute atomic E-state index is 5.44. The molecule has 2 heteroatoms. The van der Waals surface area contributed by atoms with Crippen molar-refractivity contribution in [3.05, 3.63) is 65.2 Å². The molecule has 0 aromatic heterocycles. The van der Waals surface area contributed by atoms with E-state index < -0.39 is 0 Å². The van der Waals surface area contributed by atoms with Crippen LogP contribution in [0.2, 0.25) is 0 Å². The fourth-order valence-electron chi connectivity index (χ4n) is 2.54. The van der Waals surface area contributed by atoms with E-state index in [0.29, 0.717) is 0 Å². The van der Waals surface area contributed by atoms with E-state index in [1.54, 1.807) is 0 Å². The first kappa shape index (κ1) is 13.7. The van der Waals surface area contributed by atoms with Crippen LogP contribution in [-0.2, 0) is 4.74 Å². The number of hydrogen-bond acceptors (Lipinski definition) is 2. The summed E-state index contributed by atoms with van der Waals surface area (Å²) in [6.45, 7) is 5.57. The highest BCUT2D eigenvalue weighted by molar-refractivity contribution is 5.65. The molecule has 2 aromatic carbocycles. The normalized spacial score (nSPS) is 14.4. The summed E-state index contributed by atoms with van der Waals surface area (Å²) in [6, 6.07) is 16.5. The first-order chi connectivity index (χ1) is 10.3. The highest BCUT2D eigenvalue weighted by Crippen LogP contribution is 2.23. The Hall–Kier alpha value is -2.24. The summed E-state index contributed by atoms with van der Waals surface area (Å²) in [6.07, 6.45) is 0. The van der Waals surface area contributed by atoms with Gasteiger partial charge >= 0.3 is 0 Å². The summed E-state index contributed by atoms with van der Waals surface area (Å²) >= 11 is 0. The molecular formula is C19H19NO. The topological polar surface area (TPSA) is 12.5 Å². The quantitative estimate of drug-likeness (QED) is 0.742. The molecule has 0 bridgehead atoms. The lowest BCUT2D eigenvalue weighted by Crippen LogP contribution is -2.36. The standard InChI is InChI=1S/C19H19NO/c1-16-6-5-9-19(20-12-14-21-15-13-20)18(16)11-10-17-7-3-2-4-8-17/h2-9H,12-15H2,1H3. The summed E-state index contributed by atoms with van der Waals surface area (Å²) in [4.78, 5) is 2.37. The van der Waals surface area contributed by atoms with Gasteiger partial charge < -0.3 is 9.64 Å². The van der Waals surface area contributed by atoms with Gasteiger partial charge in [-0.3, -0.25) is 0 Å². The molecule has 21 heavy (non-hydrogen) atoms. The van der Waals surface area contributed by atoms with Gasteiger partial charge in [0.25, 0.3) is 0 Å². The molecule has 1 saturated heterocycles. The number of ether oxygens (including phenoxy) is 1. The van der Waals surface area contributed by atoms with Gasteiger partial charge in [-0.15, -0.1) is 0 Å².